The van der Waals surface area contributed by atoms with Crippen molar-refractivity contribution in [3.05, 3.63) is 176 Å². The zero-order chi connectivity index (χ0) is 29.7. The van der Waals surface area contributed by atoms with Crippen molar-refractivity contribution in [2.45, 2.75) is 0 Å². The van der Waals surface area contributed by atoms with E-state index in [1.165, 1.54) is 76.7 Å². The van der Waals surface area contributed by atoms with Gasteiger partial charge in [-0.25, -0.2) is 0 Å². The van der Waals surface area contributed by atoms with Crippen LogP contribution < -0.4 is 0 Å². The zero-order valence-electron chi connectivity index (χ0n) is 24.7. The highest BCUT2D eigenvalue weighted by molar-refractivity contribution is 6.22. The highest BCUT2D eigenvalue weighted by atomic mass is 15.0. The molecule has 0 aliphatic rings. The van der Waals surface area contributed by atoms with Crippen LogP contribution >= 0.6 is 0 Å². The number of benzene rings is 8. The predicted octanol–water partition coefficient (Wildman–Crippen LogP) is 12.1. The van der Waals surface area contributed by atoms with E-state index in [-0.39, 0.29) is 0 Å². The molecular weight excluding hydrogens is 542 g/mol. The molecule has 45 heavy (non-hydrogen) atoms. The van der Waals surface area contributed by atoms with Crippen molar-refractivity contribution < 1.29 is 0 Å². The summed E-state index contributed by atoms with van der Waals surface area (Å²) in [5, 5.41) is 7.61. The van der Waals surface area contributed by atoms with Crippen LogP contribution in [0.25, 0.3) is 82.4 Å². The summed E-state index contributed by atoms with van der Waals surface area (Å²) >= 11 is 0. The topological polar surface area (TPSA) is 4.93 Å². The number of aromatic nitrogens is 1. The third-order valence-electron chi connectivity index (χ3n) is 9.19. The second-order valence-corrected chi connectivity index (χ2v) is 11.7. The van der Waals surface area contributed by atoms with Crippen LogP contribution in [-0.4, -0.2) is 4.57 Å². The molecule has 0 fully saturated rings. The van der Waals surface area contributed by atoms with E-state index < -0.39 is 0 Å². The Morgan fingerprint density at radius 3 is 1.29 bits per heavy atom. The molecule has 1 heterocycles. The van der Waals surface area contributed by atoms with Gasteiger partial charge in [-0.2, -0.15) is 0 Å². The summed E-state index contributed by atoms with van der Waals surface area (Å²) in [7, 11) is 0. The van der Waals surface area contributed by atoms with E-state index in [0.717, 1.165) is 5.69 Å². The Kier molecular flexibility index (Phi) is 5.89. The average molecular weight is 572 g/mol. The molecule has 0 N–H and O–H groups in total. The van der Waals surface area contributed by atoms with Gasteiger partial charge in [0.2, 0.25) is 0 Å². The van der Waals surface area contributed by atoms with E-state index >= 15 is 0 Å². The molecule has 210 valence electrons. The monoisotopic (exact) mass is 571 g/mol. The molecule has 0 aliphatic carbocycles. The molecule has 9 aromatic rings. The van der Waals surface area contributed by atoms with Crippen LogP contribution in [0.5, 0.6) is 0 Å². The van der Waals surface area contributed by atoms with Crippen LogP contribution in [0.15, 0.2) is 176 Å². The van der Waals surface area contributed by atoms with E-state index in [0.29, 0.717) is 0 Å². The minimum absolute atomic E-state index is 1.16. The van der Waals surface area contributed by atoms with Crippen LogP contribution in [0.1, 0.15) is 0 Å². The van der Waals surface area contributed by atoms with Gasteiger partial charge in [-0.15, -0.1) is 0 Å². The number of fused-ring (bicyclic) bond motifs is 5. The van der Waals surface area contributed by atoms with Crippen LogP contribution in [0.2, 0.25) is 0 Å². The van der Waals surface area contributed by atoms with Gasteiger partial charge in [-0.3, -0.25) is 0 Å². The molecular formula is C44H29N. The SMILES string of the molecule is c1ccc(-c2ccc3c(-c4ccc(-n5c6ccccc6c6ccccc65)cc4)c4ccccc4c(-c4ccccc4)c3c2)cc1. The predicted molar refractivity (Wildman–Crippen MR) is 192 cm³/mol. The molecule has 0 amide bonds. The summed E-state index contributed by atoms with van der Waals surface area (Å²) in [5.41, 5.74) is 11.1. The van der Waals surface area contributed by atoms with Crippen molar-refractivity contribution in [3.8, 4) is 39.1 Å². The van der Waals surface area contributed by atoms with Gasteiger partial charge in [0.05, 0.1) is 11.0 Å². The van der Waals surface area contributed by atoms with Gasteiger partial charge in [0, 0.05) is 16.5 Å². The summed E-state index contributed by atoms with van der Waals surface area (Å²) in [6.07, 6.45) is 0. The Bertz CT molecular complexity index is 2450. The summed E-state index contributed by atoms with van der Waals surface area (Å²) in [4.78, 5) is 0. The van der Waals surface area contributed by atoms with Crippen molar-refractivity contribution in [1.29, 1.82) is 0 Å². The third kappa shape index (κ3) is 4.09. The third-order valence-corrected chi connectivity index (χ3v) is 9.19. The van der Waals surface area contributed by atoms with Crippen molar-refractivity contribution in [3.63, 3.8) is 0 Å². The lowest BCUT2D eigenvalue weighted by molar-refractivity contribution is 1.18. The summed E-state index contributed by atoms with van der Waals surface area (Å²) in [6, 6.07) is 63.9. The molecule has 1 heteroatoms. The number of hydrogen-bond acceptors (Lipinski definition) is 0. The quantitative estimate of drug-likeness (QED) is 0.185. The first-order valence-corrected chi connectivity index (χ1v) is 15.5. The molecule has 0 bridgehead atoms. The van der Waals surface area contributed by atoms with E-state index in [4.69, 9.17) is 0 Å². The van der Waals surface area contributed by atoms with Crippen molar-refractivity contribution >= 4 is 43.4 Å². The molecule has 0 unspecified atom stereocenters. The minimum Gasteiger partial charge on any atom is -0.309 e. The van der Waals surface area contributed by atoms with Gasteiger partial charge in [0.15, 0.2) is 0 Å². The lowest BCUT2D eigenvalue weighted by Gasteiger charge is -2.19. The normalized spacial score (nSPS) is 11.6. The minimum atomic E-state index is 1.16. The fraction of sp³-hybridized carbons (Fsp3) is 0. The fourth-order valence-corrected chi connectivity index (χ4v) is 7.19. The van der Waals surface area contributed by atoms with Crippen LogP contribution in [0.4, 0.5) is 0 Å². The Morgan fingerprint density at radius 2 is 0.689 bits per heavy atom. The van der Waals surface area contributed by atoms with Gasteiger partial charge >= 0.3 is 0 Å². The van der Waals surface area contributed by atoms with Crippen molar-refractivity contribution in [2.75, 3.05) is 0 Å². The molecule has 0 aliphatic heterocycles. The number of hydrogen-bond donors (Lipinski definition) is 0. The average Bonchev–Trinajstić information content (AvgIpc) is 3.45. The zero-order valence-corrected chi connectivity index (χ0v) is 24.7. The van der Waals surface area contributed by atoms with Gasteiger partial charge in [-0.05, 0) is 85.3 Å². The van der Waals surface area contributed by atoms with Crippen molar-refractivity contribution in [1.82, 2.24) is 4.57 Å². The maximum absolute atomic E-state index is 2.38. The first-order chi connectivity index (χ1) is 22.3. The molecule has 1 nitrogen and oxygen atoms in total. The molecule has 0 spiro atoms. The highest BCUT2D eigenvalue weighted by Gasteiger charge is 2.18. The maximum atomic E-state index is 2.38. The Balaban J connectivity index is 1.31. The van der Waals surface area contributed by atoms with Gasteiger partial charge in [0.25, 0.3) is 0 Å². The maximum Gasteiger partial charge on any atom is 0.0541 e. The molecule has 0 atom stereocenters. The Hall–Kier alpha value is -5.92. The molecule has 0 saturated heterocycles. The van der Waals surface area contributed by atoms with Gasteiger partial charge < -0.3 is 4.57 Å². The van der Waals surface area contributed by atoms with E-state index in [9.17, 15) is 0 Å². The second kappa shape index (κ2) is 10.4. The lowest BCUT2D eigenvalue weighted by atomic mass is 9.85. The number of para-hydroxylation sites is 2. The first-order valence-electron chi connectivity index (χ1n) is 15.5. The molecule has 8 aromatic carbocycles. The number of nitrogens with zero attached hydrogens (tertiary/aromatic N) is 1. The van der Waals surface area contributed by atoms with Crippen LogP contribution in [0.3, 0.4) is 0 Å². The second-order valence-electron chi connectivity index (χ2n) is 11.7. The van der Waals surface area contributed by atoms with Gasteiger partial charge in [0.1, 0.15) is 0 Å². The molecule has 9 rings (SSSR count). The van der Waals surface area contributed by atoms with Gasteiger partial charge in [-0.1, -0.05) is 146 Å². The Labute approximate surface area is 262 Å². The standard InChI is InChI=1S/C44H29N/c1-3-13-30(14-4-1)33-25-28-39-40(29-33)44(31-15-5-2-6-16-31)38-20-8-7-19-37(38)43(39)32-23-26-34(27-24-32)45-41-21-11-9-17-35(41)36-18-10-12-22-42(36)45/h1-29H. The summed E-state index contributed by atoms with van der Waals surface area (Å²) < 4.78 is 2.38. The molecule has 0 radical (unpaired) electrons. The molecule has 0 saturated carbocycles. The summed E-state index contributed by atoms with van der Waals surface area (Å²) in [6.45, 7) is 0. The Morgan fingerprint density at radius 1 is 0.267 bits per heavy atom. The van der Waals surface area contributed by atoms with E-state index in [1.54, 1.807) is 0 Å². The van der Waals surface area contributed by atoms with E-state index in [1.807, 2.05) is 0 Å². The van der Waals surface area contributed by atoms with E-state index in [2.05, 4.69) is 180 Å². The van der Waals surface area contributed by atoms with Crippen molar-refractivity contribution in [2.24, 2.45) is 0 Å². The summed E-state index contributed by atoms with van der Waals surface area (Å²) in [5.74, 6) is 0. The lowest BCUT2D eigenvalue weighted by Crippen LogP contribution is -1.95. The smallest absolute Gasteiger partial charge is 0.0541 e. The highest BCUT2D eigenvalue weighted by Crippen LogP contribution is 2.45. The first kappa shape index (κ1) is 25.6. The van der Waals surface area contributed by atoms with Crippen LogP contribution in [-0.2, 0) is 0 Å². The largest absolute Gasteiger partial charge is 0.309 e. The number of rotatable bonds is 4. The van der Waals surface area contributed by atoms with Crippen LogP contribution in [0, 0.1) is 0 Å². The fourth-order valence-electron chi connectivity index (χ4n) is 7.19. The molecule has 1 aromatic heterocycles.